The molecule has 0 aliphatic carbocycles. The monoisotopic (exact) mass is 416 g/mol. The van der Waals surface area contributed by atoms with Crippen molar-refractivity contribution >= 4 is 23.5 Å². The van der Waals surface area contributed by atoms with Gasteiger partial charge in [-0.3, -0.25) is 4.99 Å². The average Bonchev–Trinajstić information content (AvgIpc) is 3.15. The lowest BCUT2D eigenvalue weighted by atomic mass is 10.3. The third-order valence-corrected chi connectivity index (χ3v) is 5.00. The van der Waals surface area contributed by atoms with Crippen LogP contribution in [-0.4, -0.2) is 17.9 Å². The molecule has 150 valence electrons. The van der Waals surface area contributed by atoms with E-state index in [1.54, 1.807) is 13.2 Å². The molecule has 0 saturated heterocycles. The maximum atomic E-state index is 6.15. The molecule has 0 fully saturated rings. The van der Waals surface area contributed by atoms with Gasteiger partial charge in [0.15, 0.2) is 0 Å². The molecular weight excluding hydrogens is 396 g/mol. The molecule has 0 radical (unpaired) electrons. The summed E-state index contributed by atoms with van der Waals surface area (Å²) in [5.74, 6) is 2.17. The van der Waals surface area contributed by atoms with Gasteiger partial charge in [0.25, 0.3) is 0 Å². The fourth-order valence-corrected chi connectivity index (χ4v) is 3.31. The van der Waals surface area contributed by atoms with Crippen molar-refractivity contribution in [2.45, 2.75) is 6.92 Å². The number of methoxy groups -OCH3 is 1. The highest BCUT2D eigenvalue weighted by molar-refractivity contribution is 6.32. The zero-order valence-corrected chi connectivity index (χ0v) is 17.5. The molecule has 1 heterocycles. The van der Waals surface area contributed by atoms with Crippen molar-refractivity contribution in [1.82, 2.24) is 4.57 Å². The molecule has 3 aromatic carbocycles. The summed E-state index contributed by atoms with van der Waals surface area (Å²) >= 11 is 6.15. The highest BCUT2D eigenvalue weighted by Gasteiger charge is 2.06. The van der Waals surface area contributed by atoms with Crippen molar-refractivity contribution in [2.24, 2.45) is 4.99 Å². The molecule has 0 bridgehead atoms. The van der Waals surface area contributed by atoms with Gasteiger partial charge < -0.3 is 14.0 Å². The summed E-state index contributed by atoms with van der Waals surface area (Å²) in [6, 6.07) is 27.1. The van der Waals surface area contributed by atoms with Gasteiger partial charge in [-0.2, -0.15) is 0 Å². The van der Waals surface area contributed by atoms with Crippen LogP contribution in [0.3, 0.4) is 0 Å². The Morgan fingerprint density at radius 2 is 1.53 bits per heavy atom. The van der Waals surface area contributed by atoms with Crippen molar-refractivity contribution in [3.63, 3.8) is 0 Å². The maximum Gasteiger partial charge on any atom is 0.146 e. The Hall–Kier alpha value is -3.50. The molecule has 4 nitrogen and oxygen atoms in total. The molecule has 0 N–H and O–H groups in total. The Bertz CT molecular complexity index is 1160. The number of aromatic nitrogens is 1. The molecule has 0 unspecified atom stereocenters. The Labute approximate surface area is 181 Å². The van der Waals surface area contributed by atoms with Gasteiger partial charge in [0.1, 0.15) is 17.2 Å². The number of para-hydroxylation sites is 1. The van der Waals surface area contributed by atoms with Crippen molar-refractivity contribution in [1.29, 1.82) is 0 Å². The topological polar surface area (TPSA) is 35.8 Å². The number of halogens is 1. The van der Waals surface area contributed by atoms with Crippen LogP contribution in [-0.2, 0) is 0 Å². The molecule has 1 aromatic heterocycles. The van der Waals surface area contributed by atoms with Crippen molar-refractivity contribution < 1.29 is 9.47 Å². The van der Waals surface area contributed by atoms with E-state index in [0.717, 1.165) is 28.5 Å². The van der Waals surface area contributed by atoms with E-state index < -0.39 is 0 Å². The SMILES string of the molecule is COc1ccc(-n2c(C)ccc2C=Nc2ccc(Oc3ccccc3Cl)cc2)cc1. The first-order valence-corrected chi connectivity index (χ1v) is 9.91. The van der Waals surface area contributed by atoms with E-state index in [1.165, 1.54) is 0 Å². The lowest BCUT2D eigenvalue weighted by molar-refractivity contribution is 0.414. The molecule has 4 aromatic rings. The predicted molar refractivity (Wildman–Crippen MR) is 122 cm³/mol. The van der Waals surface area contributed by atoms with Crippen LogP contribution in [0.5, 0.6) is 17.2 Å². The van der Waals surface area contributed by atoms with E-state index in [1.807, 2.05) is 72.9 Å². The molecule has 0 saturated carbocycles. The van der Waals surface area contributed by atoms with Crippen LogP contribution in [0, 0.1) is 6.92 Å². The Morgan fingerprint density at radius 1 is 0.833 bits per heavy atom. The number of aryl methyl sites for hydroxylation is 1. The Morgan fingerprint density at radius 3 is 2.23 bits per heavy atom. The number of aliphatic imine (C=N–C) groups is 1. The summed E-state index contributed by atoms with van der Waals surface area (Å²) in [6.07, 6.45) is 1.86. The predicted octanol–water partition coefficient (Wildman–Crippen LogP) is 6.99. The summed E-state index contributed by atoms with van der Waals surface area (Å²) in [7, 11) is 1.67. The number of hydrogen-bond donors (Lipinski definition) is 0. The number of nitrogens with zero attached hydrogens (tertiary/aromatic N) is 2. The second kappa shape index (κ2) is 8.89. The molecule has 0 amide bonds. The second-order valence-corrected chi connectivity index (χ2v) is 7.12. The second-order valence-electron chi connectivity index (χ2n) is 6.72. The average molecular weight is 417 g/mol. The van der Waals surface area contributed by atoms with E-state index in [4.69, 9.17) is 21.1 Å². The zero-order chi connectivity index (χ0) is 20.9. The van der Waals surface area contributed by atoms with Crippen LogP contribution in [0.15, 0.2) is 89.9 Å². The first-order chi connectivity index (χ1) is 14.6. The van der Waals surface area contributed by atoms with Crippen LogP contribution in [0.2, 0.25) is 5.02 Å². The van der Waals surface area contributed by atoms with Crippen LogP contribution >= 0.6 is 11.6 Å². The molecular formula is C25H21ClN2O2. The van der Waals surface area contributed by atoms with E-state index >= 15 is 0 Å². The minimum Gasteiger partial charge on any atom is -0.497 e. The standard InChI is InChI=1S/C25H21ClN2O2/c1-18-7-10-21(28(18)20-11-15-22(29-2)16-12-20)17-27-19-8-13-23(14-9-19)30-25-6-4-3-5-24(25)26/h3-17H,1-2H3. The first-order valence-electron chi connectivity index (χ1n) is 9.53. The number of rotatable bonds is 6. The van der Waals surface area contributed by atoms with Gasteiger partial charge in [0.2, 0.25) is 0 Å². The van der Waals surface area contributed by atoms with Crippen molar-refractivity contribution in [3.8, 4) is 22.9 Å². The van der Waals surface area contributed by atoms with Gasteiger partial charge in [-0.15, -0.1) is 0 Å². The fraction of sp³-hybridized carbons (Fsp3) is 0.0800. The van der Waals surface area contributed by atoms with Gasteiger partial charge in [0.05, 0.1) is 29.7 Å². The molecule has 0 aliphatic heterocycles. The number of ether oxygens (including phenoxy) is 2. The van der Waals surface area contributed by atoms with E-state index in [9.17, 15) is 0 Å². The minimum atomic E-state index is 0.578. The zero-order valence-electron chi connectivity index (χ0n) is 16.7. The number of benzene rings is 3. The van der Waals surface area contributed by atoms with Gasteiger partial charge in [-0.25, -0.2) is 0 Å². The van der Waals surface area contributed by atoms with Crippen molar-refractivity contribution in [3.05, 3.63) is 101 Å². The third kappa shape index (κ3) is 4.39. The molecule has 4 rings (SSSR count). The summed E-state index contributed by atoms with van der Waals surface area (Å²) < 4.78 is 13.2. The van der Waals surface area contributed by atoms with E-state index in [0.29, 0.717) is 16.5 Å². The Kier molecular flexibility index (Phi) is 5.87. The van der Waals surface area contributed by atoms with Gasteiger partial charge in [0, 0.05) is 11.4 Å². The van der Waals surface area contributed by atoms with Gasteiger partial charge in [-0.1, -0.05) is 23.7 Å². The molecule has 5 heteroatoms. The fourth-order valence-electron chi connectivity index (χ4n) is 3.14. The molecule has 30 heavy (non-hydrogen) atoms. The summed E-state index contributed by atoms with van der Waals surface area (Å²) in [6.45, 7) is 2.07. The molecule has 0 atom stereocenters. The van der Waals surface area contributed by atoms with Gasteiger partial charge in [-0.05, 0) is 79.7 Å². The summed E-state index contributed by atoms with van der Waals surface area (Å²) in [5, 5.41) is 0.578. The van der Waals surface area contributed by atoms with E-state index in [2.05, 4.69) is 28.6 Å². The quantitative estimate of drug-likeness (QED) is 0.317. The molecule has 0 aliphatic rings. The first kappa shape index (κ1) is 19.8. The maximum absolute atomic E-state index is 6.15. The summed E-state index contributed by atoms with van der Waals surface area (Å²) in [5.41, 5.74) is 4.02. The normalized spacial score (nSPS) is 11.0. The Balaban J connectivity index is 1.52. The lowest BCUT2D eigenvalue weighted by Crippen LogP contribution is -2.01. The summed E-state index contributed by atoms with van der Waals surface area (Å²) in [4.78, 5) is 4.62. The highest BCUT2D eigenvalue weighted by Crippen LogP contribution is 2.30. The highest BCUT2D eigenvalue weighted by atomic mass is 35.5. The number of hydrogen-bond acceptors (Lipinski definition) is 3. The smallest absolute Gasteiger partial charge is 0.146 e. The van der Waals surface area contributed by atoms with Crippen LogP contribution < -0.4 is 9.47 Å². The lowest BCUT2D eigenvalue weighted by Gasteiger charge is -2.10. The van der Waals surface area contributed by atoms with Crippen molar-refractivity contribution in [2.75, 3.05) is 7.11 Å². The van der Waals surface area contributed by atoms with Crippen LogP contribution in [0.1, 0.15) is 11.4 Å². The van der Waals surface area contributed by atoms with Crippen LogP contribution in [0.4, 0.5) is 5.69 Å². The molecule has 0 spiro atoms. The largest absolute Gasteiger partial charge is 0.497 e. The third-order valence-electron chi connectivity index (χ3n) is 4.68. The van der Waals surface area contributed by atoms with E-state index in [-0.39, 0.29) is 0 Å². The van der Waals surface area contributed by atoms with Gasteiger partial charge >= 0.3 is 0 Å². The van der Waals surface area contributed by atoms with Crippen LogP contribution in [0.25, 0.3) is 5.69 Å². The minimum absolute atomic E-state index is 0.578.